The van der Waals surface area contributed by atoms with Crippen molar-refractivity contribution in [3.8, 4) is 0 Å². The number of aryl methyl sites for hydroxylation is 1. The summed E-state index contributed by atoms with van der Waals surface area (Å²) < 4.78 is 0. The Labute approximate surface area is 155 Å². The fraction of sp³-hybridized carbons (Fsp3) is 0.318. The molecule has 2 aromatic carbocycles. The van der Waals surface area contributed by atoms with Gasteiger partial charge in [-0.2, -0.15) is 0 Å². The minimum absolute atomic E-state index is 0.0410. The quantitative estimate of drug-likeness (QED) is 0.632. The minimum atomic E-state index is 0.0410. The molecule has 0 bridgehead atoms. The Kier molecular flexibility index (Phi) is 5.61. The number of benzene rings is 2. The van der Waals surface area contributed by atoms with Crippen LogP contribution in [0.5, 0.6) is 0 Å². The first kappa shape index (κ1) is 18.1. The maximum atomic E-state index is 12.3. The van der Waals surface area contributed by atoms with E-state index in [4.69, 9.17) is 0 Å². The van der Waals surface area contributed by atoms with Crippen molar-refractivity contribution < 1.29 is 4.79 Å². The van der Waals surface area contributed by atoms with Gasteiger partial charge in [-0.05, 0) is 63.1 Å². The highest BCUT2D eigenvalue weighted by atomic mass is 16.1. The molecule has 1 amide bonds. The lowest BCUT2D eigenvalue weighted by Crippen LogP contribution is -2.30. The topological polar surface area (TPSA) is 48.1 Å². The molecule has 0 spiro atoms. The highest BCUT2D eigenvalue weighted by molar-refractivity contribution is 5.91. The Bertz CT molecular complexity index is 864. The highest BCUT2D eigenvalue weighted by Crippen LogP contribution is 2.21. The maximum absolute atomic E-state index is 12.3. The van der Waals surface area contributed by atoms with Gasteiger partial charge in [-0.1, -0.05) is 18.2 Å². The summed E-state index contributed by atoms with van der Waals surface area (Å²) in [5, 5.41) is 4.19. The molecular weight excluding hydrogens is 322 g/mol. The zero-order chi connectivity index (χ0) is 18.5. The van der Waals surface area contributed by atoms with Crippen LogP contribution in [-0.4, -0.2) is 23.5 Å². The molecule has 0 atom stereocenters. The molecule has 2 N–H and O–H groups in total. The van der Waals surface area contributed by atoms with Crippen molar-refractivity contribution >= 4 is 28.2 Å². The number of anilines is 2. The third-order valence-electron chi connectivity index (χ3n) is 4.74. The molecule has 0 radical (unpaired) electrons. The standard InChI is InChI=1S/C22H27N3O/c1-4-25(16(2)3)19-12-10-18(11-13-19)24-22(26)14-9-17-15-23-21-8-6-5-7-20(17)21/h5-8,10-13,15-16,23H,4,9,14H2,1-3H3,(H,24,26). The number of fused-ring (bicyclic) bond motifs is 1. The number of rotatable bonds is 7. The highest BCUT2D eigenvalue weighted by Gasteiger charge is 2.10. The number of hydrogen-bond acceptors (Lipinski definition) is 2. The van der Waals surface area contributed by atoms with Gasteiger partial charge in [-0.15, -0.1) is 0 Å². The van der Waals surface area contributed by atoms with Gasteiger partial charge >= 0.3 is 0 Å². The maximum Gasteiger partial charge on any atom is 0.224 e. The predicted molar refractivity (Wildman–Crippen MR) is 110 cm³/mol. The Balaban J connectivity index is 1.58. The van der Waals surface area contributed by atoms with Crippen molar-refractivity contribution in [3.63, 3.8) is 0 Å². The molecule has 0 aliphatic carbocycles. The number of carbonyl (C=O) groups is 1. The molecule has 3 rings (SSSR count). The molecule has 3 aromatic rings. The molecule has 136 valence electrons. The summed E-state index contributed by atoms with van der Waals surface area (Å²) in [4.78, 5) is 17.9. The third kappa shape index (κ3) is 4.07. The van der Waals surface area contributed by atoms with Gasteiger partial charge < -0.3 is 15.2 Å². The number of para-hydroxylation sites is 1. The van der Waals surface area contributed by atoms with Crippen LogP contribution in [0.25, 0.3) is 10.9 Å². The minimum Gasteiger partial charge on any atom is -0.369 e. The van der Waals surface area contributed by atoms with Crippen molar-refractivity contribution in [2.45, 2.75) is 39.7 Å². The van der Waals surface area contributed by atoms with E-state index in [0.717, 1.165) is 24.2 Å². The van der Waals surface area contributed by atoms with Crippen LogP contribution in [0.4, 0.5) is 11.4 Å². The summed E-state index contributed by atoms with van der Waals surface area (Å²) in [6, 6.07) is 16.7. The van der Waals surface area contributed by atoms with E-state index in [2.05, 4.69) is 60.2 Å². The second kappa shape index (κ2) is 8.09. The molecule has 0 aliphatic rings. The Hall–Kier alpha value is -2.75. The molecule has 0 aliphatic heterocycles. The molecule has 26 heavy (non-hydrogen) atoms. The second-order valence-electron chi connectivity index (χ2n) is 6.83. The lowest BCUT2D eigenvalue weighted by molar-refractivity contribution is -0.116. The number of amides is 1. The first-order chi connectivity index (χ1) is 12.6. The Morgan fingerprint density at radius 1 is 1.12 bits per heavy atom. The summed E-state index contributed by atoms with van der Waals surface area (Å²) in [7, 11) is 0. The lowest BCUT2D eigenvalue weighted by atomic mass is 10.1. The smallest absolute Gasteiger partial charge is 0.224 e. The SMILES string of the molecule is CCN(c1ccc(NC(=O)CCc2c[nH]c3ccccc23)cc1)C(C)C. The van der Waals surface area contributed by atoms with E-state index >= 15 is 0 Å². The summed E-state index contributed by atoms with van der Waals surface area (Å²) in [6.45, 7) is 7.49. The Morgan fingerprint density at radius 3 is 2.54 bits per heavy atom. The van der Waals surface area contributed by atoms with Gasteiger partial charge in [0.25, 0.3) is 0 Å². The predicted octanol–water partition coefficient (Wildman–Crippen LogP) is 4.97. The summed E-state index contributed by atoms with van der Waals surface area (Å²) in [5.41, 5.74) is 4.32. The average molecular weight is 349 g/mol. The van der Waals surface area contributed by atoms with Crippen LogP contribution in [0.15, 0.2) is 54.7 Å². The van der Waals surface area contributed by atoms with Gasteiger partial charge in [0.15, 0.2) is 0 Å². The van der Waals surface area contributed by atoms with Gasteiger partial charge in [-0.25, -0.2) is 0 Å². The summed E-state index contributed by atoms with van der Waals surface area (Å²) >= 11 is 0. The zero-order valence-electron chi connectivity index (χ0n) is 15.8. The van der Waals surface area contributed by atoms with E-state index < -0.39 is 0 Å². The lowest BCUT2D eigenvalue weighted by Gasteiger charge is -2.27. The molecule has 0 fully saturated rings. The number of nitrogens with one attached hydrogen (secondary N) is 2. The van der Waals surface area contributed by atoms with Crippen LogP contribution in [-0.2, 0) is 11.2 Å². The molecule has 4 heteroatoms. The van der Waals surface area contributed by atoms with Crippen molar-refractivity contribution in [1.29, 1.82) is 0 Å². The molecule has 1 aromatic heterocycles. The molecule has 0 saturated carbocycles. The molecule has 0 unspecified atom stereocenters. The largest absolute Gasteiger partial charge is 0.369 e. The number of hydrogen-bond donors (Lipinski definition) is 2. The average Bonchev–Trinajstić information content (AvgIpc) is 3.05. The van der Waals surface area contributed by atoms with E-state index in [1.54, 1.807) is 0 Å². The van der Waals surface area contributed by atoms with Gasteiger partial charge in [0.1, 0.15) is 0 Å². The molecule has 1 heterocycles. The second-order valence-corrected chi connectivity index (χ2v) is 6.83. The molecule has 4 nitrogen and oxygen atoms in total. The van der Waals surface area contributed by atoms with Gasteiger partial charge in [0, 0.05) is 47.5 Å². The number of aromatic amines is 1. The number of nitrogens with zero attached hydrogens (tertiary/aromatic N) is 1. The zero-order valence-corrected chi connectivity index (χ0v) is 15.8. The number of H-pyrrole nitrogens is 1. The summed E-state index contributed by atoms with van der Waals surface area (Å²) in [6.07, 6.45) is 3.19. The number of aromatic nitrogens is 1. The van der Waals surface area contributed by atoms with Gasteiger partial charge in [-0.3, -0.25) is 4.79 Å². The molecule has 0 saturated heterocycles. The monoisotopic (exact) mass is 349 g/mol. The summed E-state index contributed by atoms with van der Waals surface area (Å²) in [5.74, 6) is 0.0410. The van der Waals surface area contributed by atoms with E-state index in [-0.39, 0.29) is 5.91 Å². The number of carbonyl (C=O) groups excluding carboxylic acids is 1. The third-order valence-corrected chi connectivity index (χ3v) is 4.74. The van der Waals surface area contributed by atoms with Crippen molar-refractivity contribution in [1.82, 2.24) is 4.98 Å². The van der Waals surface area contributed by atoms with Crippen LogP contribution in [0.1, 0.15) is 32.8 Å². The van der Waals surface area contributed by atoms with Crippen LogP contribution < -0.4 is 10.2 Å². The fourth-order valence-corrected chi connectivity index (χ4v) is 3.39. The van der Waals surface area contributed by atoms with Crippen molar-refractivity contribution in [2.24, 2.45) is 0 Å². The van der Waals surface area contributed by atoms with Crippen LogP contribution in [0, 0.1) is 0 Å². The van der Waals surface area contributed by atoms with Gasteiger partial charge in [0.2, 0.25) is 5.91 Å². The van der Waals surface area contributed by atoms with Crippen LogP contribution in [0.3, 0.4) is 0 Å². The Morgan fingerprint density at radius 2 is 1.85 bits per heavy atom. The fourth-order valence-electron chi connectivity index (χ4n) is 3.39. The molecular formula is C22H27N3O. The van der Waals surface area contributed by atoms with Crippen molar-refractivity contribution in [2.75, 3.05) is 16.8 Å². The van der Waals surface area contributed by atoms with E-state index in [9.17, 15) is 4.79 Å². The first-order valence-electron chi connectivity index (χ1n) is 9.30. The van der Waals surface area contributed by atoms with Crippen LogP contribution >= 0.6 is 0 Å². The normalized spacial score (nSPS) is 11.1. The van der Waals surface area contributed by atoms with E-state index in [1.165, 1.54) is 16.6 Å². The van der Waals surface area contributed by atoms with Crippen LogP contribution in [0.2, 0.25) is 0 Å². The van der Waals surface area contributed by atoms with E-state index in [1.807, 2.05) is 30.5 Å². The van der Waals surface area contributed by atoms with Crippen molar-refractivity contribution in [3.05, 3.63) is 60.3 Å². The van der Waals surface area contributed by atoms with E-state index in [0.29, 0.717) is 12.5 Å². The van der Waals surface area contributed by atoms with Gasteiger partial charge in [0.05, 0.1) is 0 Å². The first-order valence-corrected chi connectivity index (χ1v) is 9.30.